The zero-order valence-electron chi connectivity index (χ0n) is 21.6. The van der Waals surface area contributed by atoms with Gasteiger partial charge in [0.1, 0.15) is 24.4 Å². The van der Waals surface area contributed by atoms with E-state index < -0.39 is 24.0 Å². The second-order valence-corrected chi connectivity index (χ2v) is 10.4. The van der Waals surface area contributed by atoms with Crippen molar-refractivity contribution < 1.29 is 29.0 Å². The van der Waals surface area contributed by atoms with Crippen molar-refractivity contribution >= 4 is 36.3 Å². The highest BCUT2D eigenvalue weighted by Crippen LogP contribution is 2.46. The number of thiol groups is 1. The standard InChI is InChI=1S/C27H38N4O6S/c32-13-14-37-19-8-5-7-18(15-19)24-20(25(34)29-11-4-2-1-3-10-28-23(33)17-38)16-22-26(35)30-12-6-9-21(30)27(36)31(22)24/h5,7-8,15,20-22,24,32,38H,1-4,6,9-14,16-17H2,(H,28,33)(H,29,34)/t20-,21+,22-,24-/m1/s1. The SMILES string of the molecule is O=C(CS)NCCCCCCNC(=O)[C@@H]1C[C@@H]2C(=O)N3CCC[C@H]3C(=O)N2[C@@H]1c1cccc(OCCO)c1. The molecule has 4 rings (SSSR count). The van der Waals surface area contributed by atoms with E-state index in [1.54, 1.807) is 28.0 Å². The number of unbranched alkanes of at least 4 members (excludes halogenated alkanes) is 3. The molecule has 3 heterocycles. The van der Waals surface area contributed by atoms with Crippen LogP contribution in [0.4, 0.5) is 0 Å². The van der Waals surface area contributed by atoms with Crippen molar-refractivity contribution in [1.82, 2.24) is 20.4 Å². The molecule has 0 bridgehead atoms. The lowest BCUT2D eigenvalue weighted by atomic mass is 9.92. The van der Waals surface area contributed by atoms with Crippen LogP contribution in [0.3, 0.4) is 0 Å². The molecule has 0 spiro atoms. The minimum absolute atomic E-state index is 0.0647. The van der Waals surface area contributed by atoms with Gasteiger partial charge in [-0.05, 0) is 49.8 Å². The van der Waals surface area contributed by atoms with Crippen molar-refractivity contribution in [3.63, 3.8) is 0 Å². The van der Waals surface area contributed by atoms with Gasteiger partial charge in [0, 0.05) is 19.6 Å². The Morgan fingerprint density at radius 1 is 1.05 bits per heavy atom. The topological polar surface area (TPSA) is 128 Å². The second-order valence-electron chi connectivity index (χ2n) is 10.1. The molecule has 4 amide bonds. The Hall–Kier alpha value is -2.79. The quantitative estimate of drug-likeness (QED) is 0.216. The molecule has 3 saturated heterocycles. The molecular weight excluding hydrogens is 508 g/mol. The Balaban J connectivity index is 1.42. The molecule has 3 fully saturated rings. The number of aliphatic hydroxyl groups is 1. The van der Waals surface area contributed by atoms with Crippen LogP contribution in [0.5, 0.6) is 5.75 Å². The molecule has 11 heteroatoms. The molecule has 1 aromatic rings. The first-order valence-corrected chi connectivity index (χ1v) is 14.2. The van der Waals surface area contributed by atoms with Gasteiger partial charge in [-0.15, -0.1) is 0 Å². The van der Waals surface area contributed by atoms with E-state index in [0.717, 1.165) is 37.7 Å². The average molecular weight is 547 g/mol. The number of nitrogens with zero attached hydrogens (tertiary/aromatic N) is 2. The van der Waals surface area contributed by atoms with Crippen LogP contribution in [0.25, 0.3) is 0 Å². The summed E-state index contributed by atoms with van der Waals surface area (Å²) in [5.74, 6) is -0.217. The number of carbonyl (C=O) groups excluding carboxylic acids is 4. The number of amides is 4. The van der Waals surface area contributed by atoms with Crippen LogP contribution in [0.2, 0.25) is 0 Å². The number of piperazine rings is 1. The van der Waals surface area contributed by atoms with Crippen LogP contribution >= 0.6 is 12.6 Å². The summed E-state index contributed by atoms with van der Waals surface area (Å²) in [6.45, 7) is 1.73. The second kappa shape index (κ2) is 13.3. The molecule has 3 aliphatic heterocycles. The van der Waals surface area contributed by atoms with Crippen LogP contribution in [0.1, 0.15) is 56.6 Å². The van der Waals surface area contributed by atoms with E-state index in [4.69, 9.17) is 9.84 Å². The number of aliphatic hydroxyl groups excluding tert-OH is 1. The fourth-order valence-electron chi connectivity index (χ4n) is 5.86. The fraction of sp³-hybridized carbons (Fsp3) is 0.630. The van der Waals surface area contributed by atoms with E-state index in [1.165, 1.54) is 0 Å². The van der Waals surface area contributed by atoms with E-state index in [0.29, 0.717) is 31.8 Å². The van der Waals surface area contributed by atoms with Gasteiger partial charge in [0.2, 0.25) is 23.6 Å². The van der Waals surface area contributed by atoms with Crippen LogP contribution in [-0.4, -0.2) is 89.2 Å². The number of hydrogen-bond acceptors (Lipinski definition) is 7. The third kappa shape index (κ3) is 6.26. The number of benzene rings is 1. The highest BCUT2D eigenvalue weighted by atomic mass is 32.1. The third-order valence-corrected chi connectivity index (χ3v) is 7.91. The van der Waals surface area contributed by atoms with Gasteiger partial charge in [0.15, 0.2) is 0 Å². The summed E-state index contributed by atoms with van der Waals surface area (Å²) in [5.41, 5.74) is 0.749. The lowest BCUT2D eigenvalue weighted by Gasteiger charge is -2.41. The maximum Gasteiger partial charge on any atom is 0.246 e. The average Bonchev–Trinajstić information content (AvgIpc) is 3.58. The summed E-state index contributed by atoms with van der Waals surface area (Å²) in [7, 11) is 0. The Morgan fingerprint density at radius 2 is 1.82 bits per heavy atom. The molecule has 3 aliphatic rings. The number of hydrogen-bond donors (Lipinski definition) is 4. The third-order valence-electron chi connectivity index (χ3n) is 7.62. The van der Waals surface area contributed by atoms with Gasteiger partial charge in [-0.2, -0.15) is 12.6 Å². The van der Waals surface area contributed by atoms with Gasteiger partial charge in [-0.1, -0.05) is 25.0 Å². The van der Waals surface area contributed by atoms with Gasteiger partial charge in [0.25, 0.3) is 0 Å². The summed E-state index contributed by atoms with van der Waals surface area (Å²) < 4.78 is 5.59. The molecule has 38 heavy (non-hydrogen) atoms. The maximum atomic E-state index is 13.6. The molecule has 1 aromatic carbocycles. The number of ether oxygens (including phenoxy) is 1. The summed E-state index contributed by atoms with van der Waals surface area (Å²) in [5, 5.41) is 15.0. The molecule has 10 nitrogen and oxygen atoms in total. The monoisotopic (exact) mass is 546 g/mol. The summed E-state index contributed by atoms with van der Waals surface area (Å²) >= 11 is 3.93. The molecule has 208 valence electrons. The summed E-state index contributed by atoms with van der Waals surface area (Å²) in [6, 6.07) is 5.58. The number of fused-ring (bicyclic) bond motifs is 2. The highest BCUT2D eigenvalue weighted by Gasteiger charge is 2.57. The van der Waals surface area contributed by atoms with E-state index in [2.05, 4.69) is 23.3 Å². The highest BCUT2D eigenvalue weighted by molar-refractivity contribution is 7.81. The maximum absolute atomic E-state index is 13.6. The Bertz CT molecular complexity index is 1020. The van der Waals surface area contributed by atoms with Gasteiger partial charge in [0.05, 0.1) is 24.3 Å². The predicted octanol–water partition coefficient (Wildman–Crippen LogP) is 1.04. The minimum atomic E-state index is -0.646. The molecule has 4 atom stereocenters. The Morgan fingerprint density at radius 3 is 2.55 bits per heavy atom. The van der Waals surface area contributed by atoms with Crippen molar-refractivity contribution in [3.05, 3.63) is 29.8 Å². The lowest BCUT2D eigenvalue weighted by molar-refractivity contribution is -0.159. The van der Waals surface area contributed by atoms with E-state index in [-0.39, 0.29) is 49.0 Å². The van der Waals surface area contributed by atoms with Crippen molar-refractivity contribution in [1.29, 1.82) is 0 Å². The summed E-state index contributed by atoms with van der Waals surface area (Å²) in [4.78, 5) is 55.0. The van der Waals surface area contributed by atoms with Crippen molar-refractivity contribution in [2.24, 2.45) is 5.92 Å². The normalized spacial score (nSPS) is 24.3. The molecule has 0 unspecified atom stereocenters. The van der Waals surface area contributed by atoms with E-state index >= 15 is 0 Å². The van der Waals surface area contributed by atoms with Gasteiger partial charge < -0.3 is 30.3 Å². The van der Waals surface area contributed by atoms with E-state index in [1.807, 2.05) is 6.07 Å². The first-order valence-electron chi connectivity index (χ1n) is 13.6. The molecular formula is C27H38N4O6S. The molecule has 0 saturated carbocycles. The van der Waals surface area contributed by atoms with Crippen LogP contribution < -0.4 is 15.4 Å². The van der Waals surface area contributed by atoms with Gasteiger partial charge in [-0.25, -0.2) is 0 Å². The van der Waals surface area contributed by atoms with Crippen LogP contribution in [0, 0.1) is 5.92 Å². The molecule has 0 radical (unpaired) electrons. The van der Waals surface area contributed by atoms with Gasteiger partial charge in [-0.3, -0.25) is 19.2 Å². The zero-order valence-corrected chi connectivity index (χ0v) is 22.5. The number of nitrogens with one attached hydrogen (secondary N) is 2. The number of rotatable bonds is 13. The predicted molar refractivity (Wildman–Crippen MR) is 144 cm³/mol. The largest absolute Gasteiger partial charge is 0.491 e. The number of carbonyl (C=O) groups is 4. The first kappa shape index (κ1) is 28.2. The molecule has 3 N–H and O–H groups in total. The Kier molecular flexibility index (Phi) is 9.90. The van der Waals surface area contributed by atoms with Crippen molar-refractivity contribution in [2.45, 2.75) is 63.1 Å². The fourth-order valence-corrected chi connectivity index (χ4v) is 5.97. The van der Waals surface area contributed by atoms with Gasteiger partial charge >= 0.3 is 0 Å². The smallest absolute Gasteiger partial charge is 0.246 e. The minimum Gasteiger partial charge on any atom is -0.491 e. The van der Waals surface area contributed by atoms with E-state index in [9.17, 15) is 19.2 Å². The van der Waals surface area contributed by atoms with Crippen molar-refractivity contribution in [3.8, 4) is 5.75 Å². The molecule has 0 aromatic heterocycles. The van der Waals surface area contributed by atoms with Crippen molar-refractivity contribution in [2.75, 3.05) is 38.6 Å². The molecule has 0 aliphatic carbocycles. The van der Waals surface area contributed by atoms with Crippen LogP contribution in [0.15, 0.2) is 24.3 Å². The van der Waals surface area contributed by atoms with Crippen LogP contribution in [-0.2, 0) is 19.2 Å². The lowest BCUT2D eigenvalue weighted by Crippen LogP contribution is -2.60. The Labute approximate surface area is 228 Å². The first-order chi connectivity index (χ1) is 18.5. The zero-order chi connectivity index (χ0) is 27.1. The summed E-state index contributed by atoms with van der Waals surface area (Å²) in [6.07, 6.45) is 5.26.